The van der Waals surface area contributed by atoms with Gasteiger partial charge in [0.2, 0.25) is 10.0 Å². The number of sulfonamides is 1. The summed E-state index contributed by atoms with van der Waals surface area (Å²) >= 11 is 0. The third-order valence-corrected chi connectivity index (χ3v) is 3.94. The molecule has 0 aromatic carbocycles. The fraction of sp³-hybridized carbons (Fsp3) is 0.778. The van der Waals surface area contributed by atoms with Crippen LogP contribution in [-0.4, -0.2) is 44.1 Å². The van der Waals surface area contributed by atoms with Crippen molar-refractivity contribution in [2.75, 3.05) is 19.4 Å². The molecule has 7 heteroatoms. The van der Waals surface area contributed by atoms with Gasteiger partial charge < -0.3 is 4.74 Å². The van der Waals surface area contributed by atoms with Crippen molar-refractivity contribution in [1.29, 1.82) is 5.26 Å². The first-order valence-corrected chi connectivity index (χ1v) is 6.39. The lowest BCUT2D eigenvalue weighted by Gasteiger charge is -2.22. The Balaban J connectivity index is 4.62. The minimum absolute atomic E-state index is 0.201. The molecular weight excluding hydrogens is 232 g/mol. The van der Waals surface area contributed by atoms with Crippen LogP contribution in [0.15, 0.2) is 0 Å². The maximum atomic E-state index is 11.7. The van der Waals surface area contributed by atoms with Gasteiger partial charge in [-0.05, 0) is 13.8 Å². The molecule has 0 radical (unpaired) electrons. The summed E-state index contributed by atoms with van der Waals surface area (Å²) in [6.07, 6.45) is -0.201. The maximum Gasteiger partial charge on any atom is 0.306 e. The van der Waals surface area contributed by atoms with Crippen LogP contribution >= 0.6 is 0 Å². The number of hydrogen-bond donors (Lipinski definition) is 0. The zero-order valence-electron chi connectivity index (χ0n) is 9.63. The lowest BCUT2D eigenvalue weighted by Crippen LogP contribution is -2.39. The predicted molar refractivity (Wildman–Crippen MR) is 57.9 cm³/mol. The van der Waals surface area contributed by atoms with Crippen LogP contribution in [0.5, 0.6) is 0 Å². The molecule has 0 unspecified atom stereocenters. The maximum absolute atomic E-state index is 11.7. The molecular formula is C9H16N2O4S. The highest BCUT2D eigenvalue weighted by atomic mass is 32.2. The number of nitrogens with zero attached hydrogens (tertiary/aromatic N) is 2. The summed E-state index contributed by atoms with van der Waals surface area (Å²) in [5, 5.41) is 8.52. The minimum Gasteiger partial charge on any atom is -0.469 e. The van der Waals surface area contributed by atoms with E-state index in [1.165, 1.54) is 7.11 Å². The van der Waals surface area contributed by atoms with Gasteiger partial charge in [-0.3, -0.25) is 4.79 Å². The van der Waals surface area contributed by atoms with Gasteiger partial charge in [0.05, 0.1) is 25.4 Å². The second kappa shape index (κ2) is 6.45. The normalized spacial score (nSPS) is 11.5. The standard InChI is InChI=1S/C9H16N2O4S/c1-8(2)11(6-5-10)16(13,14)7-4-9(12)15-3/h8H,4,6-7H2,1-3H3. The first-order chi connectivity index (χ1) is 7.35. The van der Waals surface area contributed by atoms with Gasteiger partial charge in [-0.15, -0.1) is 0 Å². The van der Waals surface area contributed by atoms with E-state index in [4.69, 9.17) is 5.26 Å². The Kier molecular flexibility index (Phi) is 6.00. The topological polar surface area (TPSA) is 87.5 Å². The number of nitriles is 1. The van der Waals surface area contributed by atoms with Crippen molar-refractivity contribution < 1.29 is 17.9 Å². The molecule has 0 saturated heterocycles. The monoisotopic (exact) mass is 248 g/mol. The summed E-state index contributed by atoms with van der Waals surface area (Å²) in [7, 11) is -2.38. The molecule has 0 aromatic rings. The van der Waals surface area contributed by atoms with E-state index in [1.54, 1.807) is 19.9 Å². The number of carbonyl (C=O) groups excluding carboxylic acids is 1. The summed E-state index contributed by atoms with van der Waals surface area (Å²) in [4.78, 5) is 10.8. The Morgan fingerprint density at radius 3 is 2.44 bits per heavy atom. The van der Waals surface area contributed by atoms with Crippen molar-refractivity contribution in [3.63, 3.8) is 0 Å². The zero-order chi connectivity index (χ0) is 12.8. The summed E-state index contributed by atoms with van der Waals surface area (Å²) in [5.74, 6) is -0.913. The van der Waals surface area contributed by atoms with Crippen LogP contribution < -0.4 is 0 Å². The fourth-order valence-corrected chi connectivity index (χ4v) is 2.66. The summed E-state index contributed by atoms with van der Waals surface area (Å²) in [6, 6.07) is 1.48. The van der Waals surface area contributed by atoms with Gasteiger partial charge in [-0.1, -0.05) is 0 Å². The van der Waals surface area contributed by atoms with Crippen molar-refractivity contribution in [3.8, 4) is 6.07 Å². The van der Waals surface area contributed by atoms with E-state index < -0.39 is 16.0 Å². The van der Waals surface area contributed by atoms with E-state index in [1.807, 2.05) is 0 Å². The highest BCUT2D eigenvalue weighted by molar-refractivity contribution is 7.89. The Morgan fingerprint density at radius 2 is 2.06 bits per heavy atom. The molecule has 0 fully saturated rings. The average Bonchev–Trinajstić information content (AvgIpc) is 2.21. The molecule has 0 aliphatic carbocycles. The summed E-state index contributed by atoms with van der Waals surface area (Å²) < 4.78 is 28.9. The quantitative estimate of drug-likeness (QED) is 0.492. The van der Waals surface area contributed by atoms with Gasteiger partial charge in [0.1, 0.15) is 6.54 Å². The molecule has 0 aromatic heterocycles. The Labute approximate surface area is 95.8 Å². The van der Waals surface area contributed by atoms with Crippen LogP contribution in [0.4, 0.5) is 0 Å². The Hall–Kier alpha value is -1.13. The molecule has 0 N–H and O–H groups in total. The first-order valence-electron chi connectivity index (χ1n) is 4.78. The van der Waals surface area contributed by atoms with Crippen molar-refractivity contribution in [1.82, 2.24) is 4.31 Å². The molecule has 0 aliphatic rings. The number of rotatable bonds is 6. The number of esters is 1. The average molecular weight is 248 g/mol. The number of carbonyl (C=O) groups is 1. The van der Waals surface area contributed by atoms with Gasteiger partial charge in [0.15, 0.2) is 0 Å². The second-order valence-corrected chi connectivity index (χ2v) is 5.48. The molecule has 0 atom stereocenters. The van der Waals surface area contributed by atoms with E-state index in [0.29, 0.717) is 0 Å². The molecule has 16 heavy (non-hydrogen) atoms. The van der Waals surface area contributed by atoms with Crippen LogP contribution in [0.25, 0.3) is 0 Å². The number of methoxy groups -OCH3 is 1. The van der Waals surface area contributed by atoms with Crippen LogP contribution in [0.3, 0.4) is 0 Å². The van der Waals surface area contributed by atoms with Crippen molar-refractivity contribution in [3.05, 3.63) is 0 Å². The summed E-state index contributed by atoms with van der Waals surface area (Å²) in [5.41, 5.74) is 0. The molecule has 0 rings (SSSR count). The van der Waals surface area contributed by atoms with Crippen molar-refractivity contribution in [2.24, 2.45) is 0 Å². The first kappa shape index (κ1) is 14.9. The third kappa shape index (κ3) is 4.59. The predicted octanol–water partition coefficient (Wildman–Crippen LogP) is 0.113. The molecule has 0 aliphatic heterocycles. The van der Waals surface area contributed by atoms with Crippen LogP contribution in [-0.2, 0) is 19.6 Å². The van der Waals surface area contributed by atoms with E-state index in [9.17, 15) is 13.2 Å². The number of ether oxygens (including phenoxy) is 1. The summed E-state index contributed by atoms with van der Waals surface area (Å²) in [6.45, 7) is 3.14. The van der Waals surface area contributed by atoms with E-state index in [0.717, 1.165) is 4.31 Å². The lowest BCUT2D eigenvalue weighted by molar-refractivity contribution is -0.140. The largest absolute Gasteiger partial charge is 0.469 e. The Morgan fingerprint density at radius 1 is 1.50 bits per heavy atom. The molecule has 0 spiro atoms. The molecule has 0 heterocycles. The smallest absolute Gasteiger partial charge is 0.306 e. The number of hydrogen-bond acceptors (Lipinski definition) is 5. The van der Waals surface area contributed by atoms with Gasteiger partial charge in [0.25, 0.3) is 0 Å². The van der Waals surface area contributed by atoms with Gasteiger partial charge in [-0.25, -0.2) is 8.42 Å². The van der Waals surface area contributed by atoms with E-state index >= 15 is 0 Å². The zero-order valence-corrected chi connectivity index (χ0v) is 10.5. The third-order valence-electron chi connectivity index (χ3n) is 1.95. The van der Waals surface area contributed by atoms with Crippen LogP contribution in [0.2, 0.25) is 0 Å². The van der Waals surface area contributed by atoms with Crippen LogP contribution in [0, 0.1) is 11.3 Å². The van der Waals surface area contributed by atoms with Gasteiger partial charge in [0, 0.05) is 6.04 Å². The van der Waals surface area contributed by atoms with Gasteiger partial charge in [-0.2, -0.15) is 9.57 Å². The van der Waals surface area contributed by atoms with E-state index in [2.05, 4.69) is 4.74 Å². The lowest BCUT2D eigenvalue weighted by atomic mass is 10.4. The molecule has 6 nitrogen and oxygen atoms in total. The molecule has 0 bridgehead atoms. The highest BCUT2D eigenvalue weighted by Crippen LogP contribution is 2.08. The van der Waals surface area contributed by atoms with Crippen molar-refractivity contribution >= 4 is 16.0 Å². The highest BCUT2D eigenvalue weighted by Gasteiger charge is 2.25. The molecule has 0 saturated carbocycles. The molecule has 0 amide bonds. The fourth-order valence-electron chi connectivity index (χ4n) is 1.10. The van der Waals surface area contributed by atoms with Crippen LogP contribution in [0.1, 0.15) is 20.3 Å². The SMILES string of the molecule is COC(=O)CCS(=O)(=O)N(CC#N)C(C)C. The minimum atomic E-state index is -3.58. The second-order valence-electron chi connectivity index (χ2n) is 3.44. The van der Waals surface area contributed by atoms with E-state index in [-0.39, 0.29) is 24.8 Å². The van der Waals surface area contributed by atoms with Gasteiger partial charge >= 0.3 is 5.97 Å². The molecule has 92 valence electrons. The Bertz CT molecular complexity index is 369. The van der Waals surface area contributed by atoms with Crippen molar-refractivity contribution in [2.45, 2.75) is 26.3 Å².